The second-order valence-corrected chi connectivity index (χ2v) is 4.78. The molecule has 0 bridgehead atoms. The van der Waals surface area contributed by atoms with Gasteiger partial charge >= 0.3 is 0 Å². The third-order valence-corrected chi connectivity index (χ3v) is 3.30. The zero-order valence-corrected chi connectivity index (χ0v) is 11.0. The molecule has 1 saturated heterocycles. The molecule has 0 spiro atoms. The summed E-state index contributed by atoms with van der Waals surface area (Å²) in [4.78, 5) is 13.0. The number of aromatic nitrogens is 2. The summed E-state index contributed by atoms with van der Waals surface area (Å²) in [6.45, 7) is 6.70. The van der Waals surface area contributed by atoms with Crippen LogP contribution < -0.4 is 4.90 Å². The minimum Gasteiger partial charge on any atom is -0.392 e. The average Bonchev–Trinajstić information content (AvgIpc) is 2.41. The molecule has 0 radical (unpaired) electrons. The lowest BCUT2D eigenvalue weighted by atomic mass is 10.2. The number of anilines is 1. The maximum absolute atomic E-state index is 9.80. The van der Waals surface area contributed by atoms with Crippen molar-refractivity contribution in [2.24, 2.45) is 0 Å². The maximum Gasteiger partial charge on any atom is 0.225 e. The Balaban J connectivity index is 1.78. The van der Waals surface area contributed by atoms with Gasteiger partial charge in [-0.2, -0.15) is 0 Å². The molecule has 1 atom stereocenters. The Morgan fingerprint density at radius 3 is 2.50 bits per heavy atom. The highest BCUT2D eigenvalue weighted by Crippen LogP contribution is 2.10. The first-order chi connectivity index (χ1) is 8.79. The van der Waals surface area contributed by atoms with Gasteiger partial charge in [-0.15, -0.1) is 0 Å². The molecule has 0 aromatic carbocycles. The zero-order chi connectivity index (χ0) is 12.8. The molecule has 5 nitrogen and oxygen atoms in total. The quantitative estimate of drug-likeness (QED) is 0.836. The van der Waals surface area contributed by atoms with Crippen molar-refractivity contribution in [3.8, 4) is 0 Å². The lowest BCUT2D eigenvalue weighted by Gasteiger charge is -2.35. The maximum atomic E-state index is 9.80. The van der Waals surface area contributed by atoms with Crippen LogP contribution in [0.4, 0.5) is 5.95 Å². The highest BCUT2D eigenvalue weighted by molar-refractivity contribution is 5.29. The van der Waals surface area contributed by atoms with E-state index in [0.717, 1.165) is 51.5 Å². The molecule has 0 aliphatic carbocycles. The van der Waals surface area contributed by atoms with Crippen LogP contribution in [-0.4, -0.2) is 58.8 Å². The molecule has 0 amide bonds. The van der Waals surface area contributed by atoms with Crippen molar-refractivity contribution in [3.63, 3.8) is 0 Å². The molecule has 2 heterocycles. The summed E-state index contributed by atoms with van der Waals surface area (Å²) in [7, 11) is 0. The third-order valence-electron chi connectivity index (χ3n) is 3.30. The second-order valence-electron chi connectivity index (χ2n) is 4.78. The molecule has 1 fully saturated rings. The van der Waals surface area contributed by atoms with E-state index in [2.05, 4.69) is 26.7 Å². The van der Waals surface area contributed by atoms with Crippen molar-refractivity contribution < 1.29 is 5.11 Å². The summed E-state index contributed by atoms with van der Waals surface area (Å²) < 4.78 is 0. The van der Waals surface area contributed by atoms with Crippen LogP contribution in [0.25, 0.3) is 0 Å². The van der Waals surface area contributed by atoms with Crippen LogP contribution in [0.2, 0.25) is 0 Å². The number of hydrogen-bond acceptors (Lipinski definition) is 5. The standard InChI is InChI=1S/C13H22N4O/c1-2-4-12(18)11-16-7-9-17(10-8-16)13-14-5-3-6-15-13/h3,5-6,12,18H,2,4,7-11H2,1H3. The van der Waals surface area contributed by atoms with Crippen LogP contribution in [0, 0.1) is 0 Å². The first kappa shape index (κ1) is 13.2. The molecular formula is C13H22N4O. The van der Waals surface area contributed by atoms with Gasteiger partial charge in [-0.05, 0) is 12.5 Å². The Bertz CT molecular complexity index is 338. The summed E-state index contributed by atoms with van der Waals surface area (Å²) in [6, 6.07) is 1.83. The average molecular weight is 250 g/mol. The van der Waals surface area contributed by atoms with Gasteiger partial charge in [0.1, 0.15) is 0 Å². The molecule has 1 aromatic rings. The number of hydrogen-bond donors (Lipinski definition) is 1. The van der Waals surface area contributed by atoms with Crippen LogP contribution >= 0.6 is 0 Å². The number of piperazine rings is 1. The normalized spacial score (nSPS) is 18.9. The Morgan fingerprint density at radius 2 is 1.89 bits per heavy atom. The molecule has 5 heteroatoms. The molecule has 1 aliphatic rings. The number of nitrogens with zero attached hydrogens (tertiary/aromatic N) is 4. The van der Waals surface area contributed by atoms with Gasteiger partial charge in [0.05, 0.1) is 6.10 Å². The summed E-state index contributed by atoms with van der Waals surface area (Å²) in [6.07, 6.45) is 5.30. The molecule has 1 aromatic heterocycles. The highest BCUT2D eigenvalue weighted by Gasteiger charge is 2.20. The van der Waals surface area contributed by atoms with Crippen LogP contribution in [-0.2, 0) is 0 Å². The van der Waals surface area contributed by atoms with Crippen LogP contribution in [0.3, 0.4) is 0 Å². The van der Waals surface area contributed by atoms with Crippen LogP contribution in [0.1, 0.15) is 19.8 Å². The Labute approximate surface area is 108 Å². The van der Waals surface area contributed by atoms with Crippen molar-refractivity contribution in [1.82, 2.24) is 14.9 Å². The number of aliphatic hydroxyl groups excluding tert-OH is 1. The van der Waals surface area contributed by atoms with Gasteiger partial charge in [-0.3, -0.25) is 4.90 Å². The molecule has 2 rings (SSSR count). The van der Waals surface area contributed by atoms with Crippen molar-refractivity contribution in [3.05, 3.63) is 18.5 Å². The van der Waals surface area contributed by atoms with E-state index in [0.29, 0.717) is 0 Å². The predicted octanol–water partition coefficient (Wildman–Crippen LogP) is 0.760. The Morgan fingerprint density at radius 1 is 1.22 bits per heavy atom. The lowest BCUT2D eigenvalue weighted by Crippen LogP contribution is -2.49. The summed E-state index contributed by atoms with van der Waals surface area (Å²) in [5.74, 6) is 0.811. The third kappa shape index (κ3) is 3.65. The summed E-state index contributed by atoms with van der Waals surface area (Å²) in [5.41, 5.74) is 0. The minimum atomic E-state index is -0.186. The van der Waals surface area contributed by atoms with Crippen molar-refractivity contribution in [2.75, 3.05) is 37.6 Å². The smallest absolute Gasteiger partial charge is 0.225 e. The fourth-order valence-corrected chi connectivity index (χ4v) is 2.31. The van der Waals surface area contributed by atoms with E-state index in [1.54, 1.807) is 12.4 Å². The van der Waals surface area contributed by atoms with E-state index in [4.69, 9.17) is 0 Å². The van der Waals surface area contributed by atoms with Crippen LogP contribution in [0.15, 0.2) is 18.5 Å². The molecule has 1 unspecified atom stereocenters. The zero-order valence-electron chi connectivity index (χ0n) is 11.0. The number of aliphatic hydroxyl groups is 1. The molecule has 1 aliphatic heterocycles. The largest absolute Gasteiger partial charge is 0.392 e. The molecular weight excluding hydrogens is 228 g/mol. The van der Waals surface area contributed by atoms with Gasteiger partial charge in [0.2, 0.25) is 5.95 Å². The molecule has 0 saturated carbocycles. The van der Waals surface area contributed by atoms with Crippen molar-refractivity contribution >= 4 is 5.95 Å². The van der Waals surface area contributed by atoms with E-state index in [1.165, 1.54) is 0 Å². The topological polar surface area (TPSA) is 52.5 Å². The first-order valence-electron chi connectivity index (χ1n) is 6.72. The van der Waals surface area contributed by atoms with E-state index in [-0.39, 0.29) is 6.10 Å². The van der Waals surface area contributed by atoms with Gasteiger partial charge in [0.15, 0.2) is 0 Å². The second kappa shape index (κ2) is 6.66. The monoisotopic (exact) mass is 250 g/mol. The molecule has 18 heavy (non-hydrogen) atoms. The Hall–Kier alpha value is -1.20. The molecule has 1 N–H and O–H groups in total. The van der Waals surface area contributed by atoms with Crippen LogP contribution in [0.5, 0.6) is 0 Å². The minimum absolute atomic E-state index is 0.186. The van der Waals surface area contributed by atoms with Crippen molar-refractivity contribution in [1.29, 1.82) is 0 Å². The SMILES string of the molecule is CCCC(O)CN1CCN(c2ncccn2)CC1. The number of β-amino-alcohol motifs (C(OH)–C–C–N with tert-alkyl or cyclic N) is 1. The fraction of sp³-hybridized carbons (Fsp3) is 0.692. The number of rotatable bonds is 5. The highest BCUT2D eigenvalue weighted by atomic mass is 16.3. The Kier molecular flexibility index (Phi) is 4.90. The van der Waals surface area contributed by atoms with Crippen molar-refractivity contribution in [2.45, 2.75) is 25.9 Å². The fourth-order valence-electron chi connectivity index (χ4n) is 2.31. The molecule has 100 valence electrons. The van der Waals surface area contributed by atoms with E-state index in [1.807, 2.05) is 6.07 Å². The first-order valence-corrected chi connectivity index (χ1v) is 6.72. The van der Waals surface area contributed by atoms with Gasteiger partial charge in [0.25, 0.3) is 0 Å². The van der Waals surface area contributed by atoms with Gasteiger partial charge < -0.3 is 10.0 Å². The van der Waals surface area contributed by atoms with Gasteiger partial charge in [-0.1, -0.05) is 13.3 Å². The lowest BCUT2D eigenvalue weighted by molar-refractivity contribution is 0.101. The van der Waals surface area contributed by atoms with Gasteiger partial charge in [0, 0.05) is 45.1 Å². The van der Waals surface area contributed by atoms with E-state index < -0.39 is 0 Å². The van der Waals surface area contributed by atoms with Gasteiger partial charge in [-0.25, -0.2) is 9.97 Å². The predicted molar refractivity (Wildman–Crippen MR) is 71.6 cm³/mol. The summed E-state index contributed by atoms with van der Waals surface area (Å²) in [5, 5.41) is 9.80. The summed E-state index contributed by atoms with van der Waals surface area (Å²) >= 11 is 0. The van der Waals surface area contributed by atoms with E-state index >= 15 is 0 Å². The van der Waals surface area contributed by atoms with E-state index in [9.17, 15) is 5.11 Å².